The first kappa shape index (κ1) is 21.6. The van der Waals surface area contributed by atoms with Crippen LogP contribution in [0.2, 0.25) is 0 Å². The lowest BCUT2D eigenvalue weighted by Crippen LogP contribution is -2.44. The summed E-state index contributed by atoms with van der Waals surface area (Å²) in [5.74, 6) is 0.148. The van der Waals surface area contributed by atoms with Gasteiger partial charge in [-0.3, -0.25) is 9.79 Å². The Labute approximate surface area is 153 Å². The maximum Gasteiger partial charge on any atom is 0.239 e. The first-order valence-electron chi connectivity index (χ1n) is 6.98. The van der Waals surface area contributed by atoms with Crippen LogP contribution in [0.5, 0.6) is 0 Å². The number of hydrogen-bond acceptors (Lipinski definition) is 3. The van der Waals surface area contributed by atoms with Crippen LogP contribution in [0.1, 0.15) is 5.56 Å². The number of amides is 1. The molecule has 0 spiro atoms. The van der Waals surface area contributed by atoms with Gasteiger partial charge in [-0.15, -0.1) is 24.0 Å². The van der Waals surface area contributed by atoms with Gasteiger partial charge in [0.15, 0.2) is 5.96 Å². The van der Waals surface area contributed by atoms with E-state index in [2.05, 4.69) is 15.6 Å². The second-order valence-corrected chi connectivity index (χ2v) is 4.73. The van der Waals surface area contributed by atoms with E-state index in [0.717, 1.165) is 5.56 Å². The van der Waals surface area contributed by atoms with Gasteiger partial charge in [-0.25, -0.2) is 4.39 Å². The van der Waals surface area contributed by atoms with E-state index in [-0.39, 0.29) is 42.2 Å². The number of nitrogens with zero attached hydrogens (tertiary/aromatic N) is 2. The minimum atomic E-state index is -0.272. The van der Waals surface area contributed by atoms with Crippen LogP contribution in [0.4, 0.5) is 4.39 Å². The summed E-state index contributed by atoms with van der Waals surface area (Å²) in [4.78, 5) is 17.5. The number of carbonyl (C=O) groups is 1. The zero-order chi connectivity index (χ0) is 16.4. The molecule has 23 heavy (non-hydrogen) atoms. The summed E-state index contributed by atoms with van der Waals surface area (Å²) in [6, 6.07) is 6.38. The molecule has 0 atom stereocenters. The van der Waals surface area contributed by atoms with Crippen molar-refractivity contribution in [1.29, 1.82) is 0 Å². The number of guanidine groups is 1. The molecule has 0 aromatic heterocycles. The van der Waals surface area contributed by atoms with Crippen molar-refractivity contribution < 1.29 is 13.9 Å². The van der Waals surface area contributed by atoms with Crippen LogP contribution in [0.15, 0.2) is 29.3 Å². The molecule has 2 N–H and O–H groups in total. The lowest BCUT2D eigenvalue weighted by Gasteiger charge is -2.22. The molecule has 1 aromatic rings. The molecular weight excluding hydrogens is 414 g/mol. The molecule has 1 amide bonds. The number of ether oxygens (including phenoxy) is 1. The lowest BCUT2D eigenvalue weighted by molar-refractivity contribution is -0.120. The average molecular weight is 438 g/mol. The summed E-state index contributed by atoms with van der Waals surface area (Å²) >= 11 is 0. The van der Waals surface area contributed by atoms with Crippen LogP contribution in [0.3, 0.4) is 0 Å². The minimum absolute atomic E-state index is 0. The molecule has 0 unspecified atom stereocenters. The predicted octanol–water partition coefficient (Wildman–Crippen LogP) is 1.21. The number of methoxy groups -OCH3 is 1. The Morgan fingerprint density at radius 2 is 2.13 bits per heavy atom. The standard InChI is InChI=1S/C15H23FN4O2.HI/c1-17-15(19-10-14(21)18-7-8-22-3)20(2)11-12-5-4-6-13(16)9-12;/h4-6,9H,7-8,10-11H2,1-3H3,(H,17,19)(H,18,21);1H. The van der Waals surface area contributed by atoms with Crippen LogP contribution in [-0.4, -0.2) is 57.7 Å². The number of benzene rings is 1. The molecule has 0 aliphatic carbocycles. The minimum Gasteiger partial charge on any atom is -0.383 e. The Kier molecular flexibility index (Phi) is 11.3. The second kappa shape index (κ2) is 12.1. The highest BCUT2D eigenvalue weighted by Gasteiger charge is 2.09. The monoisotopic (exact) mass is 438 g/mol. The quantitative estimate of drug-likeness (QED) is 0.291. The van der Waals surface area contributed by atoms with Gasteiger partial charge in [0.25, 0.3) is 0 Å². The fourth-order valence-corrected chi connectivity index (χ4v) is 1.88. The molecular formula is C15H24FIN4O2. The molecule has 0 aliphatic heterocycles. The van der Waals surface area contributed by atoms with E-state index in [9.17, 15) is 9.18 Å². The first-order valence-corrected chi connectivity index (χ1v) is 6.98. The summed E-state index contributed by atoms with van der Waals surface area (Å²) in [7, 11) is 5.03. The van der Waals surface area contributed by atoms with Gasteiger partial charge in [0.1, 0.15) is 5.82 Å². The zero-order valence-corrected chi connectivity index (χ0v) is 16.0. The van der Waals surface area contributed by atoms with Crippen molar-refractivity contribution in [3.05, 3.63) is 35.6 Å². The van der Waals surface area contributed by atoms with Crippen molar-refractivity contribution in [2.45, 2.75) is 6.54 Å². The molecule has 0 radical (unpaired) electrons. The van der Waals surface area contributed by atoms with E-state index < -0.39 is 0 Å². The van der Waals surface area contributed by atoms with Gasteiger partial charge in [0.05, 0.1) is 13.2 Å². The average Bonchev–Trinajstić information content (AvgIpc) is 2.48. The topological polar surface area (TPSA) is 66.0 Å². The van der Waals surface area contributed by atoms with E-state index in [4.69, 9.17) is 4.74 Å². The highest BCUT2D eigenvalue weighted by molar-refractivity contribution is 14.0. The number of carbonyl (C=O) groups excluding carboxylic acids is 1. The van der Waals surface area contributed by atoms with Crippen LogP contribution < -0.4 is 10.6 Å². The fourth-order valence-electron chi connectivity index (χ4n) is 1.88. The number of nitrogens with one attached hydrogen (secondary N) is 2. The zero-order valence-electron chi connectivity index (χ0n) is 13.6. The molecule has 1 aromatic carbocycles. The van der Waals surface area contributed by atoms with Crippen LogP contribution >= 0.6 is 24.0 Å². The lowest BCUT2D eigenvalue weighted by atomic mass is 10.2. The highest BCUT2D eigenvalue weighted by atomic mass is 127. The van der Waals surface area contributed by atoms with E-state index in [1.165, 1.54) is 12.1 Å². The maximum absolute atomic E-state index is 13.2. The van der Waals surface area contributed by atoms with Crippen LogP contribution in [-0.2, 0) is 16.1 Å². The second-order valence-electron chi connectivity index (χ2n) is 4.73. The van der Waals surface area contributed by atoms with Crippen molar-refractivity contribution in [2.75, 3.05) is 40.9 Å². The Bertz CT molecular complexity index is 514. The van der Waals surface area contributed by atoms with Gasteiger partial charge in [-0.1, -0.05) is 12.1 Å². The third kappa shape index (κ3) is 8.70. The molecule has 8 heteroatoms. The molecule has 0 heterocycles. The Morgan fingerprint density at radius 1 is 1.39 bits per heavy atom. The smallest absolute Gasteiger partial charge is 0.239 e. The van der Waals surface area contributed by atoms with Gasteiger partial charge >= 0.3 is 0 Å². The largest absolute Gasteiger partial charge is 0.383 e. The summed E-state index contributed by atoms with van der Waals surface area (Å²) < 4.78 is 18.0. The third-order valence-corrected chi connectivity index (χ3v) is 2.92. The van der Waals surface area contributed by atoms with E-state index in [1.54, 1.807) is 20.2 Å². The van der Waals surface area contributed by atoms with Gasteiger partial charge in [-0.2, -0.15) is 0 Å². The van der Waals surface area contributed by atoms with Crippen LogP contribution in [0.25, 0.3) is 0 Å². The maximum atomic E-state index is 13.2. The number of hydrogen-bond donors (Lipinski definition) is 2. The van der Waals surface area contributed by atoms with Crippen molar-refractivity contribution in [3.63, 3.8) is 0 Å². The number of aliphatic imine (C=N–C) groups is 1. The molecule has 0 aliphatic rings. The Hall–Kier alpha value is -1.42. The van der Waals surface area contributed by atoms with Crippen LogP contribution in [0, 0.1) is 5.82 Å². The molecule has 0 bridgehead atoms. The van der Waals surface area contributed by atoms with Crippen molar-refractivity contribution in [2.24, 2.45) is 4.99 Å². The Balaban J connectivity index is 0.00000484. The van der Waals surface area contributed by atoms with Crippen molar-refractivity contribution in [1.82, 2.24) is 15.5 Å². The summed E-state index contributed by atoms with van der Waals surface area (Å²) in [5, 5.41) is 5.67. The van der Waals surface area contributed by atoms with E-state index >= 15 is 0 Å². The fraction of sp³-hybridized carbons (Fsp3) is 0.467. The molecule has 0 fully saturated rings. The van der Waals surface area contributed by atoms with E-state index in [1.807, 2.05) is 18.0 Å². The highest BCUT2D eigenvalue weighted by Crippen LogP contribution is 2.06. The van der Waals surface area contributed by atoms with Gasteiger partial charge in [-0.05, 0) is 17.7 Å². The molecule has 1 rings (SSSR count). The van der Waals surface area contributed by atoms with Gasteiger partial charge < -0.3 is 20.3 Å². The molecule has 6 nitrogen and oxygen atoms in total. The summed E-state index contributed by atoms with van der Waals surface area (Å²) in [6.07, 6.45) is 0. The van der Waals surface area contributed by atoms with Gasteiger partial charge in [0, 0.05) is 34.3 Å². The normalized spacial score (nSPS) is 10.7. The SMILES string of the molecule is CN=C(NCC(=O)NCCOC)N(C)Cc1cccc(F)c1.I. The Morgan fingerprint density at radius 3 is 2.74 bits per heavy atom. The van der Waals surface area contributed by atoms with E-state index in [0.29, 0.717) is 25.7 Å². The molecule has 0 saturated heterocycles. The van der Waals surface area contributed by atoms with Gasteiger partial charge in [0.2, 0.25) is 5.91 Å². The summed E-state index contributed by atoms with van der Waals surface area (Å²) in [6.45, 7) is 1.54. The first-order chi connectivity index (χ1) is 10.6. The number of rotatable bonds is 7. The third-order valence-electron chi connectivity index (χ3n) is 2.92. The molecule has 130 valence electrons. The predicted molar refractivity (Wildman–Crippen MR) is 99.5 cm³/mol. The summed E-state index contributed by atoms with van der Waals surface area (Å²) in [5.41, 5.74) is 0.829. The number of halogens is 2. The van der Waals surface area contributed by atoms with Crippen molar-refractivity contribution >= 4 is 35.8 Å². The van der Waals surface area contributed by atoms with Crippen molar-refractivity contribution in [3.8, 4) is 0 Å². The molecule has 0 saturated carbocycles.